The SMILES string of the molecule is Cc1cc(C)n(Cc2ccc(C(=O)Nc3cccc(-c4nnc5n4CCCCC5)c3)o2)n1. The number of aromatic nitrogens is 5. The van der Waals surface area contributed by atoms with Crippen LogP contribution in [0, 0.1) is 13.8 Å². The number of amides is 1. The Morgan fingerprint density at radius 1 is 1.09 bits per heavy atom. The van der Waals surface area contributed by atoms with Crippen molar-refractivity contribution in [3.05, 3.63) is 71.2 Å². The van der Waals surface area contributed by atoms with E-state index in [0.29, 0.717) is 18.0 Å². The number of nitrogens with zero attached hydrogens (tertiary/aromatic N) is 5. The number of furan rings is 1. The van der Waals surface area contributed by atoms with E-state index in [1.165, 1.54) is 6.42 Å². The summed E-state index contributed by atoms with van der Waals surface area (Å²) in [6, 6.07) is 13.2. The molecule has 4 aromatic rings. The Hall–Kier alpha value is -3.68. The quantitative estimate of drug-likeness (QED) is 0.507. The summed E-state index contributed by atoms with van der Waals surface area (Å²) in [5.41, 5.74) is 3.63. The van der Waals surface area contributed by atoms with Crippen molar-refractivity contribution in [2.75, 3.05) is 5.32 Å². The van der Waals surface area contributed by atoms with Crippen molar-refractivity contribution in [1.29, 1.82) is 0 Å². The number of anilines is 1. The van der Waals surface area contributed by atoms with E-state index in [1.807, 2.05) is 54.9 Å². The van der Waals surface area contributed by atoms with Gasteiger partial charge in [-0.1, -0.05) is 18.6 Å². The minimum atomic E-state index is -0.290. The molecule has 3 aromatic heterocycles. The molecule has 0 spiro atoms. The normalized spacial score (nSPS) is 13.6. The third-order valence-electron chi connectivity index (χ3n) is 5.78. The predicted molar refractivity (Wildman–Crippen MR) is 120 cm³/mol. The van der Waals surface area contributed by atoms with Gasteiger partial charge in [-0.15, -0.1) is 10.2 Å². The fraction of sp³-hybridized carbons (Fsp3) is 0.333. The summed E-state index contributed by atoms with van der Waals surface area (Å²) in [5.74, 6) is 2.55. The standard InChI is InChI=1S/C24H26N6O2/c1-16-13-17(2)30(28-16)15-20-10-11-21(32-20)24(31)25-19-8-6-7-18(14-19)23-27-26-22-9-4-3-5-12-29(22)23/h6-8,10-11,13-14H,3-5,9,12,15H2,1-2H3,(H,25,31). The first-order valence-corrected chi connectivity index (χ1v) is 11.0. The maximum Gasteiger partial charge on any atom is 0.291 e. The molecule has 0 saturated heterocycles. The largest absolute Gasteiger partial charge is 0.454 e. The first kappa shape index (κ1) is 20.2. The van der Waals surface area contributed by atoms with Gasteiger partial charge in [0.05, 0.1) is 12.2 Å². The van der Waals surface area contributed by atoms with Crippen LogP contribution in [0.4, 0.5) is 5.69 Å². The first-order valence-electron chi connectivity index (χ1n) is 11.0. The molecule has 32 heavy (non-hydrogen) atoms. The van der Waals surface area contributed by atoms with E-state index in [0.717, 1.165) is 54.4 Å². The predicted octanol–water partition coefficient (Wildman–Crippen LogP) is 4.38. The molecule has 5 rings (SSSR count). The van der Waals surface area contributed by atoms with Gasteiger partial charge in [0.2, 0.25) is 0 Å². The molecule has 164 valence electrons. The highest BCUT2D eigenvalue weighted by atomic mass is 16.4. The van der Waals surface area contributed by atoms with Crippen LogP contribution in [-0.4, -0.2) is 30.5 Å². The minimum Gasteiger partial charge on any atom is -0.454 e. The van der Waals surface area contributed by atoms with Gasteiger partial charge >= 0.3 is 0 Å². The van der Waals surface area contributed by atoms with Crippen LogP contribution in [-0.2, 0) is 19.5 Å². The van der Waals surface area contributed by atoms with Crippen molar-refractivity contribution in [1.82, 2.24) is 24.5 Å². The molecule has 0 bridgehead atoms. The van der Waals surface area contributed by atoms with Gasteiger partial charge in [-0.3, -0.25) is 9.48 Å². The maximum absolute atomic E-state index is 12.8. The van der Waals surface area contributed by atoms with Crippen molar-refractivity contribution in [3.63, 3.8) is 0 Å². The number of nitrogens with one attached hydrogen (secondary N) is 1. The molecule has 0 unspecified atom stereocenters. The molecular formula is C24H26N6O2. The molecule has 1 aliphatic rings. The third-order valence-corrected chi connectivity index (χ3v) is 5.78. The van der Waals surface area contributed by atoms with Gasteiger partial charge in [0.1, 0.15) is 11.6 Å². The molecule has 0 aliphatic carbocycles. The van der Waals surface area contributed by atoms with Crippen LogP contribution < -0.4 is 5.32 Å². The summed E-state index contributed by atoms with van der Waals surface area (Å²) in [6.45, 7) is 5.37. The average molecular weight is 431 g/mol. The molecule has 1 aliphatic heterocycles. The molecule has 0 saturated carbocycles. The summed E-state index contributed by atoms with van der Waals surface area (Å²) in [7, 11) is 0. The number of aryl methyl sites for hydroxylation is 3. The lowest BCUT2D eigenvalue weighted by atomic mass is 10.2. The van der Waals surface area contributed by atoms with E-state index >= 15 is 0 Å². The van der Waals surface area contributed by atoms with E-state index in [9.17, 15) is 4.79 Å². The number of hydrogen-bond donors (Lipinski definition) is 1. The molecule has 0 atom stereocenters. The number of fused-ring (bicyclic) bond motifs is 1. The van der Waals surface area contributed by atoms with Crippen molar-refractivity contribution in [3.8, 4) is 11.4 Å². The van der Waals surface area contributed by atoms with Crippen molar-refractivity contribution < 1.29 is 9.21 Å². The van der Waals surface area contributed by atoms with E-state index in [2.05, 4.69) is 25.2 Å². The number of rotatable bonds is 5. The number of carbonyl (C=O) groups is 1. The van der Waals surface area contributed by atoms with E-state index < -0.39 is 0 Å². The Morgan fingerprint density at radius 3 is 2.84 bits per heavy atom. The second-order valence-electron chi connectivity index (χ2n) is 8.29. The number of benzene rings is 1. The molecule has 1 N–H and O–H groups in total. The number of hydrogen-bond acceptors (Lipinski definition) is 5. The summed E-state index contributed by atoms with van der Waals surface area (Å²) >= 11 is 0. The Kier molecular flexibility index (Phi) is 5.34. The van der Waals surface area contributed by atoms with Gasteiger partial charge in [-0.2, -0.15) is 5.10 Å². The zero-order valence-corrected chi connectivity index (χ0v) is 18.3. The van der Waals surface area contributed by atoms with Crippen molar-refractivity contribution in [2.24, 2.45) is 0 Å². The smallest absolute Gasteiger partial charge is 0.291 e. The van der Waals surface area contributed by atoms with Crippen molar-refractivity contribution >= 4 is 11.6 Å². The van der Waals surface area contributed by atoms with Crippen LogP contribution in [0.5, 0.6) is 0 Å². The van der Waals surface area contributed by atoms with E-state index in [4.69, 9.17) is 4.42 Å². The second-order valence-corrected chi connectivity index (χ2v) is 8.29. The van der Waals surface area contributed by atoms with Gasteiger partial charge in [-0.05, 0) is 57.0 Å². The Morgan fingerprint density at radius 2 is 2.00 bits per heavy atom. The highest BCUT2D eigenvalue weighted by molar-refractivity contribution is 6.02. The van der Waals surface area contributed by atoms with Gasteiger partial charge in [0.25, 0.3) is 5.91 Å². The van der Waals surface area contributed by atoms with Gasteiger partial charge < -0.3 is 14.3 Å². The fourth-order valence-corrected chi connectivity index (χ4v) is 4.19. The molecule has 1 aromatic carbocycles. The van der Waals surface area contributed by atoms with E-state index in [-0.39, 0.29) is 11.7 Å². The summed E-state index contributed by atoms with van der Waals surface area (Å²) in [5, 5.41) is 16.2. The zero-order chi connectivity index (χ0) is 22.1. The zero-order valence-electron chi connectivity index (χ0n) is 18.3. The summed E-state index contributed by atoms with van der Waals surface area (Å²) in [4.78, 5) is 12.8. The van der Waals surface area contributed by atoms with Gasteiger partial charge in [0, 0.05) is 29.9 Å². The summed E-state index contributed by atoms with van der Waals surface area (Å²) in [6.07, 6.45) is 4.46. The van der Waals surface area contributed by atoms with Crippen LogP contribution in [0.2, 0.25) is 0 Å². The van der Waals surface area contributed by atoms with Gasteiger partial charge in [-0.25, -0.2) is 0 Å². The lowest BCUT2D eigenvalue weighted by Crippen LogP contribution is -2.11. The van der Waals surface area contributed by atoms with E-state index in [1.54, 1.807) is 6.07 Å². The highest BCUT2D eigenvalue weighted by Gasteiger charge is 2.17. The first-order chi connectivity index (χ1) is 15.6. The second kappa shape index (κ2) is 8.45. The molecule has 0 fully saturated rings. The van der Waals surface area contributed by atoms with Crippen LogP contribution >= 0.6 is 0 Å². The Bertz CT molecular complexity index is 1270. The molecule has 8 nitrogen and oxygen atoms in total. The molecule has 4 heterocycles. The van der Waals surface area contributed by atoms with Crippen LogP contribution in [0.1, 0.15) is 52.8 Å². The topological polar surface area (TPSA) is 90.8 Å². The third kappa shape index (κ3) is 4.08. The molecule has 8 heteroatoms. The number of carbonyl (C=O) groups excluding carboxylic acids is 1. The highest BCUT2D eigenvalue weighted by Crippen LogP contribution is 2.25. The lowest BCUT2D eigenvalue weighted by Gasteiger charge is -2.09. The Labute approximate surface area is 186 Å². The molecule has 0 radical (unpaired) electrons. The maximum atomic E-state index is 12.8. The Balaban J connectivity index is 1.31. The van der Waals surface area contributed by atoms with Crippen LogP contribution in [0.25, 0.3) is 11.4 Å². The fourth-order valence-electron chi connectivity index (χ4n) is 4.19. The monoisotopic (exact) mass is 430 g/mol. The van der Waals surface area contributed by atoms with Gasteiger partial charge in [0.15, 0.2) is 11.6 Å². The average Bonchev–Trinajstić information content (AvgIpc) is 3.44. The van der Waals surface area contributed by atoms with Crippen molar-refractivity contribution in [2.45, 2.75) is 52.6 Å². The van der Waals surface area contributed by atoms with Crippen LogP contribution in [0.15, 0.2) is 46.9 Å². The molecule has 1 amide bonds. The van der Waals surface area contributed by atoms with Crippen LogP contribution in [0.3, 0.4) is 0 Å². The minimum absolute atomic E-state index is 0.267. The lowest BCUT2D eigenvalue weighted by molar-refractivity contribution is 0.0994. The summed E-state index contributed by atoms with van der Waals surface area (Å²) < 4.78 is 9.84. The molecular weight excluding hydrogens is 404 g/mol.